The van der Waals surface area contributed by atoms with Gasteiger partial charge >= 0.3 is 0 Å². The topological polar surface area (TPSA) is 59.8 Å². The van der Waals surface area contributed by atoms with Gasteiger partial charge in [0.25, 0.3) is 0 Å². The predicted octanol–water partition coefficient (Wildman–Crippen LogP) is 2.83. The van der Waals surface area contributed by atoms with Crippen LogP contribution in [-0.2, 0) is 6.54 Å². The van der Waals surface area contributed by atoms with Crippen LogP contribution in [0.2, 0.25) is 0 Å². The Morgan fingerprint density at radius 3 is 2.35 bits per heavy atom. The van der Waals surface area contributed by atoms with Crippen molar-refractivity contribution in [2.45, 2.75) is 6.54 Å². The predicted molar refractivity (Wildman–Crippen MR) is 95.2 cm³/mol. The first-order valence-electron chi connectivity index (χ1n) is 7.61. The smallest absolute Gasteiger partial charge is 0.161 e. The van der Waals surface area contributed by atoms with Crippen LogP contribution in [0.4, 0.5) is 11.4 Å². The zero-order chi connectivity index (χ0) is 16.7. The van der Waals surface area contributed by atoms with Crippen LogP contribution in [0.5, 0.6) is 11.5 Å². The lowest BCUT2D eigenvalue weighted by molar-refractivity contribution is 0.334. The molecular weight excluding hydrogens is 290 g/mol. The zero-order valence-electron chi connectivity index (χ0n) is 14.0. The van der Waals surface area contributed by atoms with Crippen LogP contribution in [0.25, 0.3) is 0 Å². The fraction of sp³-hybridized carbons (Fsp3) is 0.333. The molecule has 5 heteroatoms. The number of methoxy groups -OCH3 is 2. The van der Waals surface area contributed by atoms with E-state index < -0.39 is 0 Å². The van der Waals surface area contributed by atoms with Crippen LogP contribution >= 0.6 is 0 Å². The van der Waals surface area contributed by atoms with Gasteiger partial charge in [-0.05, 0) is 49.0 Å². The minimum absolute atomic E-state index is 0.754. The van der Waals surface area contributed by atoms with Gasteiger partial charge in [-0.25, -0.2) is 0 Å². The van der Waals surface area contributed by atoms with E-state index in [9.17, 15) is 0 Å². The van der Waals surface area contributed by atoms with E-state index in [4.69, 9.17) is 15.2 Å². The Balaban J connectivity index is 1.82. The number of ether oxygens (including phenoxy) is 2. The molecule has 0 aliphatic carbocycles. The molecule has 124 valence electrons. The highest BCUT2D eigenvalue weighted by atomic mass is 16.5. The minimum Gasteiger partial charge on any atom is -0.493 e. The van der Waals surface area contributed by atoms with Gasteiger partial charge in [-0.15, -0.1) is 0 Å². The molecule has 23 heavy (non-hydrogen) atoms. The van der Waals surface area contributed by atoms with Gasteiger partial charge in [0.1, 0.15) is 0 Å². The van der Waals surface area contributed by atoms with Crippen molar-refractivity contribution in [3.05, 3.63) is 48.0 Å². The zero-order valence-corrected chi connectivity index (χ0v) is 14.0. The largest absolute Gasteiger partial charge is 0.493 e. The molecule has 0 aliphatic rings. The summed E-state index contributed by atoms with van der Waals surface area (Å²) in [6.45, 7) is 2.65. The van der Waals surface area contributed by atoms with Crippen LogP contribution < -0.4 is 20.5 Å². The molecule has 0 saturated heterocycles. The molecule has 0 aliphatic heterocycles. The van der Waals surface area contributed by atoms with E-state index in [-0.39, 0.29) is 0 Å². The van der Waals surface area contributed by atoms with Crippen LogP contribution in [0.3, 0.4) is 0 Å². The van der Waals surface area contributed by atoms with Crippen molar-refractivity contribution in [2.24, 2.45) is 0 Å². The van der Waals surface area contributed by atoms with Gasteiger partial charge in [0.15, 0.2) is 11.5 Å². The van der Waals surface area contributed by atoms with Crippen molar-refractivity contribution in [3.8, 4) is 11.5 Å². The summed E-state index contributed by atoms with van der Waals surface area (Å²) in [6, 6.07) is 13.8. The molecule has 0 unspecified atom stereocenters. The highest BCUT2D eigenvalue weighted by Gasteiger charge is 2.06. The number of likely N-dealkylation sites (N-methyl/N-ethyl adjacent to an activating group) is 1. The van der Waals surface area contributed by atoms with Gasteiger partial charge in [0, 0.05) is 31.0 Å². The van der Waals surface area contributed by atoms with Crippen molar-refractivity contribution in [1.29, 1.82) is 0 Å². The molecule has 2 rings (SSSR count). The Morgan fingerprint density at radius 1 is 1.00 bits per heavy atom. The standard InChI is InChI=1S/C18H25N3O2/c1-21(11-10-20-16-7-5-15(19)6-8-16)13-14-4-9-17(22-2)18(12-14)23-3/h4-9,12,20H,10-11,13,19H2,1-3H3. The molecule has 3 N–H and O–H groups in total. The van der Waals surface area contributed by atoms with Crippen molar-refractivity contribution in [1.82, 2.24) is 4.90 Å². The number of nitrogens with two attached hydrogens (primary N) is 1. The molecular formula is C18H25N3O2. The second-order valence-corrected chi connectivity index (χ2v) is 5.48. The summed E-state index contributed by atoms with van der Waals surface area (Å²) in [5, 5.41) is 3.39. The van der Waals surface area contributed by atoms with E-state index in [1.807, 2.05) is 36.4 Å². The normalized spacial score (nSPS) is 10.6. The van der Waals surface area contributed by atoms with Gasteiger partial charge in [-0.2, -0.15) is 0 Å². The summed E-state index contributed by atoms with van der Waals surface area (Å²) < 4.78 is 10.6. The second-order valence-electron chi connectivity index (χ2n) is 5.48. The summed E-state index contributed by atoms with van der Waals surface area (Å²) in [4.78, 5) is 2.26. The molecule has 0 fully saturated rings. The lowest BCUT2D eigenvalue weighted by atomic mass is 10.2. The second kappa shape index (κ2) is 8.29. The first kappa shape index (κ1) is 17.0. The quantitative estimate of drug-likeness (QED) is 0.734. The Labute approximate surface area is 138 Å². The average Bonchev–Trinajstić information content (AvgIpc) is 2.56. The number of nitrogens with one attached hydrogen (secondary N) is 1. The molecule has 0 saturated carbocycles. The summed E-state index contributed by atoms with van der Waals surface area (Å²) in [5.41, 5.74) is 8.73. The number of nitrogens with zero attached hydrogens (tertiary/aromatic N) is 1. The molecule has 0 aromatic heterocycles. The number of hydrogen-bond donors (Lipinski definition) is 2. The molecule has 0 amide bonds. The van der Waals surface area contributed by atoms with E-state index >= 15 is 0 Å². The van der Waals surface area contributed by atoms with Crippen molar-refractivity contribution in [3.63, 3.8) is 0 Å². The van der Waals surface area contributed by atoms with Gasteiger partial charge in [-0.1, -0.05) is 6.07 Å². The summed E-state index contributed by atoms with van der Waals surface area (Å²) in [6.07, 6.45) is 0. The molecule has 0 atom stereocenters. The third-order valence-corrected chi connectivity index (χ3v) is 3.63. The number of rotatable bonds is 8. The van der Waals surface area contributed by atoms with Gasteiger partial charge in [-0.3, -0.25) is 0 Å². The van der Waals surface area contributed by atoms with Gasteiger partial charge in [0.05, 0.1) is 14.2 Å². The van der Waals surface area contributed by atoms with E-state index in [0.717, 1.165) is 42.5 Å². The maximum absolute atomic E-state index is 5.68. The molecule has 5 nitrogen and oxygen atoms in total. The van der Waals surface area contributed by atoms with Crippen LogP contribution in [-0.4, -0.2) is 39.3 Å². The Kier molecular flexibility index (Phi) is 6.11. The first-order valence-corrected chi connectivity index (χ1v) is 7.61. The molecule has 0 heterocycles. The molecule has 2 aromatic rings. The lowest BCUT2D eigenvalue weighted by Crippen LogP contribution is -2.24. The Hall–Kier alpha value is -2.40. The van der Waals surface area contributed by atoms with Crippen LogP contribution in [0, 0.1) is 0 Å². The van der Waals surface area contributed by atoms with Gasteiger partial charge < -0.3 is 25.4 Å². The number of benzene rings is 2. The Morgan fingerprint density at radius 2 is 1.70 bits per heavy atom. The highest BCUT2D eigenvalue weighted by Crippen LogP contribution is 2.27. The van der Waals surface area contributed by atoms with E-state index in [1.165, 1.54) is 5.56 Å². The molecule has 0 bridgehead atoms. The maximum atomic E-state index is 5.68. The van der Waals surface area contributed by atoms with Crippen LogP contribution in [0.15, 0.2) is 42.5 Å². The summed E-state index contributed by atoms with van der Waals surface area (Å²) in [7, 11) is 5.40. The minimum atomic E-state index is 0.754. The SMILES string of the molecule is COc1ccc(CN(C)CCNc2ccc(N)cc2)cc1OC. The average molecular weight is 315 g/mol. The molecule has 0 spiro atoms. The van der Waals surface area contributed by atoms with Crippen molar-refractivity contribution < 1.29 is 9.47 Å². The number of hydrogen-bond acceptors (Lipinski definition) is 5. The fourth-order valence-corrected chi connectivity index (χ4v) is 2.36. The monoisotopic (exact) mass is 315 g/mol. The summed E-state index contributed by atoms with van der Waals surface area (Å²) >= 11 is 0. The Bertz CT molecular complexity index is 614. The maximum Gasteiger partial charge on any atom is 0.161 e. The number of anilines is 2. The van der Waals surface area contributed by atoms with E-state index in [2.05, 4.69) is 23.3 Å². The molecule has 0 radical (unpaired) electrons. The number of nitrogen functional groups attached to an aromatic ring is 1. The lowest BCUT2D eigenvalue weighted by Gasteiger charge is -2.18. The third kappa shape index (κ3) is 5.07. The van der Waals surface area contributed by atoms with Crippen molar-refractivity contribution in [2.75, 3.05) is 45.4 Å². The van der Waals surface area contributed by atoms with E-state index in [1.54, 1.807) is 14.2 Å². The third-order valence-electron chi connectivity index (χ3n) is 3.63. The summed E-state index contributed by atoms with van der Waals surface area (Å²) in [5.74, 6) is 1.52. The van der Waals surface area contributed by atoms with Gasteiger partial charge in [0.2, 0.25) is 0 Å². The first-order chi connectivity index (χ1) is 11.1. The molecule has 2 aromatic carbocycles. The van der Waals surface area contributed by atoms with Crippen molar-refractivity contribution >= 4 is 11.4 Å². The fourth-order valence-electron chi connectivity index (χ4n) is 2.36. The highest BCUT2D eigenvalue weighted by molar-refractivity contribution is 5.51. The van der Waals surface area contributed by atoms with Crippen LogP contribution in [0.1, 0.15) is 5.56 Å². The van der Waals surface area contributed by atoms with E-state index in [0.29, 0.717) is 0 Å².